The summed E-state index contributed by atoms with van der Waals surface area (Å²) in [7, 11) is 1.74. The van der Waals surface area contributed by atoms with Crippen LogP contribution in [0, 0.1) is 5.92 Å². The van der Waals surface area contributed by atoms with Crippen LogP contribution in [0.15, 0.2) is 30.3 Å². The molecule has 2 aromatic carbocycles. The molecule has 0 amide bonds. The van der Waals surface area contributed by atoms with E-state index in [1.807, 2.05) is 6.92 Å². The molecule has 0 aliphatic heterocycles. The summed E-state index contributed by atoms with van der Waals surface area (Å²) in [6.45, 7) is 15.2. The molecule has 0 N–H and O–H groups in total. The van der Waals surface area contributed by atoms with E-state index in [0.29, 0.717) is 0 Å². The van der Waals surface area contributed by atoms with Crippen molar-refractivity contribution in [2.45, 2.75) is 65.7 Å². The second kappa shape index (κ2) is 6.51. The van der Waals surface area contributed by atoms with Crippen molar-refractivity contribution in [3.05, 3.63) is 52.6 Å². The molecule has 1 atom stereocenters. The van der Waals surface area contributed by atoms with Crippen LogP contribution < -0.4 is 4.74 Å². The molecule has 1 aliphatic carbocycles. The number of rotatable bonds is 2. The largest absolute Gasteiger partial charge is 0.496 e. The summed E-state index contributed by atoms with van der Waals surface area (Å²) in [6.07, 6.45) is 0.783. The average Bonchev–Trinajstić information content (AvgIpc) is 2.86. The molecule has 0 fully saturated rings. The van der Waals surface area contributed by atoms with Gasteiger partial charge in [-0.1, -0.05) is 72.7 Å². The molecular weight excluding hydrogens is 332 g/mol. The van der Waals surface area contributed by atoms with E-state index in [0.717, 1.165) is 40.0 Å². The Morgan fingerprint density at radius 3 is 2.04 bits per heavy atom. The highest BCUT2D eigenvalue weighted by molar-refractivity contribution is 6.05. The Balaban J connectivity index is 2.30. The van der Waals surface area contributed by atoms with Gasteiger partial charge in [0.2, 0.25) is 0 Å². The number of hydrogen-bond acceptors (Lipinski definition) is 2. The van der Waals surface area contributed by atoms with Crippen LogP contribution in [0.25, 0.3) is 11.1 Å². The van der Waals surface area contributed by atoms with Gasteiger partial charge in [0.15, 0.2) is 5.78 Å². The third-order valence-electron chi connectivity index (χ3n) is 5.66. The maximum atomic E-state index is 12.8. The van der Waals surface area contributed by atoms with E-state index >= 15 is 0 Å². The fraction of sp³-hybridized carbons (Fsp3) is 0.480. The highest BCUT2D eigenvalue weighted by Crippen LogP contribution is 2.46. The van der Waals surface area contributed by atoms with Gasteiger partial charge in [-0.2, -0.15) is 0 Å². The predicted molar refractivity (Wildman–Crippen MR) is 113 cm³/mol. The van der Waals surface area contributed by atoms with Gasteiger partial charge in [0.25, 0.3) is 0 Å². The summed E-state index contributed by atoms with van der Waals surface area (Å²) in [5, 5.41) is 0. The molecule has 2 nitrogen and oxygen atoms in total. The molecular formula is C25H32O2. The average molecular weight is 365 g/mol. The minimum absolute atomic E-state index is 0.0347. The van der Waals surface area contributed by atoms with Crippen molar-refractivity contribution in [2.75, 3.05) is 7.11 Å². The zero-order valence-corrected chi connectivity index (χ0v) is 18.0. The molecule has 0 saturated heterocycles. The van der Waals surface area contributed by atoms with Gasteiger partial charge in [-0.15, -0.1) is 0 Å². The van der Waals surface area contributed by atoms with Crippen molar-refractivity contribution in [1.82, 2.24) is 0 Å². The lowest BCUT2D eigenvalue weighted by Crippen LogP contribution is -2.15. The van der Waals surface area contributed by atoms with E-state index in [1.54, 1.807) is 7.11 Å². The molecule has 2 heteroatoms. The molecule has 144 valence electrons. The zero-order valence-electron chi connectivity index (χ0n) is 18.0. The van der Waals surface area contributed by atoms with Crippen LogP contribution in [0.4, 0.5) is 0 Å². The number of Topliss-reactive ketones (excluding diaryl/α,β-unsaturated/α-hetero) is 1. The van der Waals surface area contributed by atoms with Gasteiger partial charge < -0.3 is 4.74 Å². The van der Waals surface area contributed by atoms with Crippen LogP contribution in [-0.2, 0) is 17.3 Å². The van der Waals surface area contributed by atoms with Gasteiger partial charge in [-0.3, -0.25) is 4.79 Å². The second-order valence-electron chi connectivity index (χ2n) is 9.91. The molecule has 3 rings (SSSR count). The van der Waals surface area contributed by atoms with Gasteiger partial charge >= 0.3 is 0 Å². The molecule has 27 heavy (non-hydrogen) atoms. The van der Waals surface area contributed by atoms with E-state index < -0.39 is 0 Å². The highest BCUT2D eigenvalue weighted by atomic mass is 16.5. The fourth-order valence-electron chi connectivity index (χ4n) is 4.01. The highest BCUT2D eigenvalue weighted by Gasteiger charge is 2.35. The summed E-state index contributed by atoms with van der Waals surface area (Å²) in [5.74, 6) is 1.20. The Kier molecular flexibility index (Phi) is 4.74. The van der Waals surface area contributed by atoms with E-state index in [1.165, 1.54) is 5.56 Å². The zero-order chi connectivity index (χ0) is 20.1. The monoisotopic (exact) mass is 364 g/mol. The Hall–Kier alpha value is -2.09. The normalized spacial score (nSPS) is 17.2. The van der Waals surface area contributed by atoms with Crippen LogP contribution in [0.3, 0.4) is 0 Å². The number of ketones is 1. The summed E-state index contributed by atoms with van der Waals surface area (Å²) < 4.78 is 5.94. The SMILES string of the molecule is COc1c(C(C)(C)C)cc2c(c1-c1ccc(C(C)(C)C)cc1)C[C@@H](C)C2=O. The van der Waals surface area contributed by atoms with E-state index in [-0.39, 0.29) is 22.5 Å². The number of hydrogen-bond donors (Lipinski definition) is 0. The minimum atomic E-state index is -0.105. The molecule has 0 spiro atoms. The molecule has 0 heterocycles. The standard InChI is InChI=1S/C25H32O2/c1-15-13-18-19(22(15)26)14-20(25(5,6)7)23(27-8)21(18)16-9-11-17(12-10-16)24(2,3)4/h9-12,14-15H,13H2,1-8H3/t15-/m1/s1. The number of methoxy groups -OCH3 is 1. The van der Waals surface area contributed by atoms with Crippen LogP contribution >= 0.6 is 0 Å². The first-order chi connectivity index (χ1) is 12.4. The van der Waals surface area contributed by atoms with Gasteiger partial charge in [0.1, 0.15) is 5.75 Å². The van der Waals surface area contributed by atoms with Crippen molar-refractivity contribution in [3.8, 4) is 16.9 Å². The Morgan fingerprint density at radius 2 is 1.56 bits per heavy atom. The van der Waals surface area contributed by atoms with Crippen molar-refractivity contribution < 1.29 is 9.53 Å². The van der Waals surface area contributed by atoms with E-state index in [4.69, 9.17) is 4.74 Å². The van der Waals surface area contributed by atoms with Crippen molar-refractivity contribution in [1.29, 1.82) is 0 Å². The minimum Gasteiger partial charge on any atom is -0.496 e. The number of ether oxygens (including phenoxy) is 1. The molecule has 0 aromatic heterocycles. The maximum Gasteiger partial charge on any atom is 0.166 e. The van der Waals surface area contributed by atoms with Crippen molar-refractivity contribution in [3.63, 3.8) is 0 Å². The first-order valence-corrected chi connectivity index (χ1v) is 9.84. The Labute approximate surface area is 164 Å². The molecule has 2 aromatic rings. The predicted octanol–water partition coefficient (Wildman–Crippen LogP) is 6.33. The Morgan fingerprint density at radius 1 is 0.963 bits per heavy atom. The molecule has 0 bridgehead atoms. The lowest BCUT2D eigenvalue weighted by atomic mass is 9.80. The van der Waals surface area contributed by atoms with Gasteiger partial charge in [-0.25, -0.2) is 0 Å². The molecule has 1 aliphatic rings. The molecule has 0 radical (unpaired) electrons. The van der Waals surface area contributed by atoms with Crippen LogP contribution in [0.5, 0.6) is 5.75 Å². The maximum absolute atomic E-state index is 12.8. The quantitative estimate of drug-likeness (QED) is 0.622. The number of benzene rings is 2. The third kappa shape index (κ3) is 3.42. The summed E-state index contributed by atoms with van der Waals surface area (Å²) in [6, 6.07) is 10.8. The second-order valence-corrected chi connectivity index (χ2v) is 9.91. The summed E-state index contributed by atoms with van der Waals surface area (Å²) in [5.41, 5.74) is 6.65. The lowest BCUT2D eigenvalue weighted by Gasteiger charge is -2.26. The summed E-state index contributed by atoms with van der Waals surface area (Å²) in [4.78, 5) is 12.8. The van der Waals surface area contributed by atoms with Crippen LogP contribution in [-0.4, -0.2) is 12.9 Å². The lowest BCUT2D eigenvalue weighted by molar-refractivity contribution is 0.0946. The fourth-order valence-corrected chi connectivity index (χ4v) is 4.01. The van der Waals surface area contributed by atoms with E-state index in [9.17, 15) is 4.79 Å². The topological polar surface area (TPSA) is 26.3 Å². The number of fused-ring (bicyclic) bond motifs is 1. The first kappa shape index (κ1) is 19.7. The smallest absolute Gasteiger partial charge is 0.166 e. The van der Waals surface area contributed by atoms with Gasteiger partial charge in [-0.05, 0) is 40.0 Å². The Bertz CT molecular complexity index is 875. The third-order valence-corrected chi connectivity index (χ3v) is 5.66. The molecule has 0 unspecified atom stereocenters. The van der Waals surface area contributed by atoms with Gasteiger partial charge in [0, 0.05) is 22.6 Å². The van der Waals surface area contributed by atoms with Crippen molar-refractivity contribution in [2.24, 2.45) is 5.92 Å². The number of carbonyl (C=O) groups excluding carboxylic acids is 1. The van der Waals surface area contributed by atoms with Crippen LogP contribution in [0.2, 0.25) is 0 Å². The van der Waals surface area contributed by atoms with Crippen LogP contribution in [0.1, 0.15) is 75.5 Å². The van der Waals surface area contributed by atoms with Gasteiger partial charge in [0.05, 0.1) is 7.11 Å². The molecule has 0 saturated carbocycles. The van der Waals surface area contributed by atoms with Crippen molar-refractivity contribution >= 4 is 5.78 Å². The van der Waals surface area contributed by atoms with E-state index in [2.05, 4.69) is 71.9 Å². The number of carbonyl (C=O) groups is 1. The summed E-state index contributed by atoms with van der Waals surface area (Å²) >= 11 is 0. The first-order valence-electron chi connectivity index (χ1n) is 9.84.